The zero-order chi connectivity index (χ0) is 18.5. The van der Waals surface area contributed by atoms with Crippen LogP contribution in [0, 0.1) is 5.92 Å². The molecule has 1 aliphatic carbocycles. The maximum atomic E-state index is 11.5. The van der Waals surface area contributed by atoms with E-state index in [1.165, 1.54) is 12.8 Å². The Morgan fingerprint density at radius 3 is 2.48 bits per heavy atom. The second-order valence-electron chi connectivity index (χ2n) is 7.34. The van der Waals surface area contributed by atoms with Crippen LogP contribution in [0.25, 0.3) is 0 Å². The number of nitrogens with zero attached hydrogens (tertiary/aromatic N) is 1. The zero-order valence-electron chi connectivity index (χ0n) is 16.3. The molecule has 0 unspecified atom stereocenters. The number of nitrogens with one attached hydrogen (secondary N) is 3. The Hall–Kier alpha value is -1.50. The summed E-state index contributed by atoms with van der Waals surface area (Å²) in [6, 6.07) is 0. The van der Waals surface area contributed by atoms with Gasteiger partial charge in [-0.2, -0.15) is 0 Å². The third-order valence-corrected chi connectivity index (χ3v) is 3.43. The number of amides is 1. The van der Waals surface area contributed by atoms with Gasteiger partial charge in [0.15, 0.2) is 5.96 Å². The van der Waals surface area contributed by atoms with Crippen molar-refractivity contribution in [3.05, 3.63) is 0 Å². The average molecular weight is 357 g/mol. The van der Waals surface area contributed by atoms with Gasteiger partial charge in [-0.3, -0.25) is 4.99 Å². The lowest BCUT2D eigenvalue weighted by atomic mass is 10.2. The van der Waals surface area contributed by atoms with E-state index >= 15 is 0 Å². The summed E-state index contributed by atoms with van der Waals surface area (Å²) in [5, 5.41) is 9.26. The van der Waals surface area contributed by atoms with Gasteiger partial charge in [-0.15, -0.1) is 0 Å². The van der Waals surface area contributed by atoms with Crippen LogP contribution in [0.1, 0.15) is 53.4 Å². The summed E-state index contributed by atoms with van der Waals surface area (Å²) >= 11 is 0. The van der Waals surface area contributed by atoms with Crippen LogP contribution >= 0.6 is 0 Å². The van der Waals surface area contributed by atoms with Crippen molar-refractivity contribution in [2.45, 2.75) is 59.0 Å². The fourth-order valence-electron chi connectivity index (χ4n) is 2.03. The Labute approximate surface area is 152 Å². The summed E-state index contributed by atoms with van der Waals surface area (Å²) in [7, 11) is 0. The normalized spacial score (nSPS) is 15.0. The largest absolute Gasteiger partial charge is 0.444 e. The maximum Gasteiger partial charge on any atom is 0.407 e. The molecule has 0 spiro atoms. The molecule has 0 atom stereocenters. The fourth-order valence-corrected chi connectivity index (χ4v) is 2.03. The van der Waals surface area contributed by atoms with E-state index in [1.807, 2.05) is 27.7 Å². The van der Waals surface area contributed by atoms with Crippen molar-refractivity contribution in [2.75, 3.05) is 39.4 Å². The van der Waals surface area contributed by atoms with E-state index in [4.69, 9.17) is 9.47 Å². The van der Waals surface area contributed by atoms with E-state index in [0.29, 0.717) is 13.1 Å². The summed E-state index contributed by atoms with van der Waals surface area (Å²) in [5.41, 5.74) is -0.466. The molecule has 0 aromatic heterocycles. The van der Waals surface area contributed by atoms with Gasteiger partial charge < -0.3 is 25.4 Å². The second-order valence-corrected chi connectivity index (χ2v) is 7.34. The molecule has 0 saturated heterocycles. The molecular formula is C18H36N4O3. The SMILES string of the molecule is CCNC(=NCCCNC(=O)OC(C)(C)C)NCCCOCC1CC1. The molecule has 0 aromatic carbocycles. The lowest BCUT2D eigenvalue weighted by Gasteiger charge is -2.19. The number of hydrogen-bond donors (Lipinski definition) is 3. The smallest absolute Gasteiger partial charge is 0.407 e. The number of ether oxygens (including phenoxy) is 2. The standard InChI is InChI=1S/C18H36N4O3/c1-5-19-16(21-12-7-13-24-14-15-8-9-15)20-10-6-11-22-17(23)25-18(2,3)4/h15H,5-14H2,1-4H3,(H,22,23)(H2,19,20,21). The van der Waals surface area contributed by atoms with Crippen LogP contribution in [0.3, 0.4) is 0 Å². The molecule has 1 amide bonds. The quantitative estimate of drug-likeness (QED) is 0.300. The molecule has 0 heterocycles. The number of hydrogen-bond acceptors (Lipinski definition) is 4. The van der Waals surface area contributed by atoms with Crippen molar-refractivity contribution in [1.29, 1.82) is 0 Å². The molecule has 1 aliphatic rings. The van der Waals surface area contributed by atoms with Crippen molar-refractivity contribution in [3.8, 4) is 0 Å². The van der Waals surface area contributed by atoms with Crippen molar-refractivity contribution in [3.63, 3.8) is 0 Å². The molecule has 0 aliphatic heterocycles. The van der Waals surface area contributed by atoms with E-state index in [2.05, 4.69) is 20.9 Å². The van der Waals surface area contributed by atoms with Gasteiger partial charge in [0.25, 0.3) is 0 Å². The van der Waals surface area contributed by atoms with Crippen molar-refractivity contribution < 1.29 is 14.3 Å². The third-order valence-electron chi connectivity index (χ3n) is 3.43. The van der Waals surface area contributed by atoms with Gasteiger partial charge in [0.05, 0.1) is 0 Å². The number of alkyl carbamates (subject to hydrolysis) is 1. The molecule has 1 rings (SSSR count). The molecule has 7 nitrogen and oxygen atoms in total. The highest BCUT2D eigenvalue weighted by Crippen LogP contribution is 2.28. The maximum absolute atomic E-state index is 11.5. The number of guanidine groups is 1. The highest BCUT2D eigenvalue weighted by atomic mass is 16.6. The molecule has 0 aromatic rings. The first-order valence-electron chi connectivity index (χ1n) is 9.47. The van der Waals surface area contributed by atoms with Gasteiger partial charge in [0.1, 0.15) is 5.60 Å². The van der Waals surface area contributed by atoms with Gasteiger partial charge in [-0.1, -0.05) is 0 Å². The van der Waals surface area contributed by atoms with Gasteiger partial charge in [0, 0.05) is 39.4 Å². The minimum absolute atomic E-state index is 0.382. The second kappa shape index (κ2) is 12.0. The molecule has 146 valence electrons. The molecule has 25 heavy (non-hydrogen) atoms. The van der Waals surface area contributed by atoms with Crippen molar-refractivity contribution >= 4 is 12.1 Å². The number of rotatable bonds is 11. The van der Waals surface area contributed by atoms with E-state index in [0.717, 1.165) is 51.0 Å². The van der Waals surface area contributed by atoms with E-state index in [1.54, 1.807) is 0 Å². The summed E-state index contributed by atoms with van der Waals surface area (Å²) in [6.07, 6.45) is 4.02. The Balaban J connectivity index is 2.07. The predicted octanol–water partition coefficient (Wildman–Crippen LogP) is 2.27. The number of carbonyl (C=O) groups is 1. The van der Waals surface area contributed by atoms with Crippen molar-refractivity contribution in [1.82, 2.24) is 16.0 Å². The predicted molar refractivity (Wildman–Crippen MR) is 101 cm³/mol. The summed E-state index contributed by atoms with van der Waals surface area (Å²) < 4.78 is 10.8. The highest BCUT2D eigenvalue weighted by Gasteiger charge is 2.20. The van der Waals surface area contributed by atoms with E-state index < -0.39 is 5.60 Å². The van der Waals surface area contributed by atoms with Gasteiger partial charge >= 0.3 is 6.09 Å². The molecule has 0 radical (unpaired) electrons. The third kappa shape index (κ3) is 13.5. The van der Waals surface area contributed by atoms with Crippen LogP contribution < -0.4 is 16.0 Å². The molecular weight excluding hydrogens is 320 g/mol. The number of carbonyl (C=O) groups excluding carboxylic acids is 1. The molecule has 3 N–H and O–H groups in total. The monoisotopic (exact) mass is 356 g/mol. The molecule has 1 fully saturated rings. The Bertz CT molecular complexity index is 404. The topological polar surface area (TPSA) is 84.0 Å². The molecule has 1 saturated carbocycles. The van der Waals surface area contributed by atoms with Crippen LogP contribution in [0.15, 0.2) is 4.99 Å². The zero-order valence-corrected chi connectivity index (χ0v) is 16.3. The van der Waals surface area contributed by atoms with Crippen LogP contribution in [0.4, 0.5) is 4.79 Å². The van der Waals surface area contributed by atoms with Gasteiger partial charge in [-0.05, 0) is 59.3 Å². The van der Waals surface area contributed by atoms with Gasteiger partial charge in [-0.25, -0.2) is 4.79 Å². The van der Waals surface area contributed by atoms with Gasteiger partial charge in [0.2, 0.25) is 0 Å². The van der Waals surface area contributed by atoms with Crippen LogP contribution in [-0.2, 0) is 9.47 Å². The number of aliphatic imine (C=N–C) groups is 1. The van der Waals surface area contributed by atoms with E-state index in [9.17, 15) is 4.79 Å². The first-order chi connectivity index (χ1) is 11.9. The van der Waals surface area contributed by atoms with E-state index in [-0.39, 0.29) is 6.09 Å². The minimum Gasteiger partial charge on any atom is -0.444 e. The Kier molecular flexibility index (Phi) is 10.3. The van der Waals surface area contributed by atoms with Crippen LogP contribution in [0.2, 0.25) is 0 Å². The average Bonchev–Trinajstić information content (AvgIpc) is 3.32. The Morgan fingerprint density at radius 1 is 1.12 bits per heavy atom. The lowest BCUT2D eigenvalue weighted by Crippen LogP contribution is -2.38. The first kappa shape index (κ1) is 21.5. The van der Waals surface area contributed by atoms with Crippen LogP contribution in [0.5, 0.6) is 0 Å². The van der Waals surface area contributed by atoms with Crippen molar-refractivity contribution in [2.24, 2.45) is 10.9 Å². The lowest BCUT2D eigenvalue weighted by molar-refractivity contribution is 0.0527. The summed E-state index contributed by atoms with van der Waals surface area (Å²) in [5.74, 6) is 1.63. The summed E-state index contributed by atoms with van der Waals surface area (Å²) in [4.78, 5) is 16.0. The minimum atomic E-state index is -0.466. The van der Waals surface area contributed by atoms with Crippen LogP contribution in [-0.4, -0.2) is 57.0 Å². The fraction of sp³-hybridized carbons (Fsp3) is 0.889. The highest BCUT2D eigenvalue weighted by molar-refractivity contribution is 5.79. The first-order valence-corrected chi connectivity index (χ1v) is 9.47. The molecule has 0 bridgehead atoms. The molecule has 7 heteroatoms. The summed E-state index contributed by atoms with van der Waals surface area (Å²) in [6.45, 7) is 12.1. The Morgan fingerprint density at radius 2 is 1.84 bits per heavy atom.